The minimum Gasteiger partial charge on any atom is -0.480 e. The number of carbonyl (C=O) groups is 2. The van der Waals surface area contributed by atoms with Gasteiger partial charge in [-0.2, -0.15) is 0 Å². The third kappa shape index (κ3) is 3.48. The number of carboxylic acid groups (broad SMARTS) is 1. The lowest BCUT2D eigenvalue weighted by Gasteiger charge is -2.13. The first kappa shape index (κ1) is 18.1. The van der Waals surface area contributed by atoms with Gasteiger partial charge in [0.05, 0.1) is 21.3 Å². The second-order valence-corrected chi connectivity index (χ2v) is 6.25. The van der Waals surface area contributed by atoms with Crippen LogP contribution in [0.3, 0.4) is 0 Å². The van der Waals surface area contributed by atoms with Crippen LogP contribution >= 0.6 is 23.2 Å². The first-order chi connectivity index (χ1) is 12.4. The van der Waals surface area contributed by atoms with Gasteiger partial charge in [-0.15, -0.1) is 0 Å². The van der Waals surface area contributed by atoms with Crippen molar-refractivity contribution in [2.24, 2.45) is 5.73 Å². The van der Waals surface area contributed by atoms with Crippen LogP contribution in [0.4, 0.5) is 5.69 Å². The fraction of sp³-hybridized carbons (Fsp3) is 0.125. The molecule has 1 atom stereocenters. The molecule has 4 N–H and O–H groups in total. The molecular formula is C16H13Cl2N5O3. The van der Waals surface area contributed by atoms with Gasteiger partial charge in [0, 0.05) is 36.9 Å². The van der Waals surface area contributed by atoms with Crippen LogP contribution in [0.1, 0.15) is 16.1 Å². The molecule has 0 bridgehead atoms. The third-order valence-electron chi connectivity index (χ3n) is 3.71. The Bertz CT molecular complexity index is 984. The van der Waals surface area contributed by atoms with Crippen molar-refractivity contribution in [3.63, 3.8) is 0 Å². The monoisotopic (exact) mass is 393 g/mol. The number of aliphatic carboxylic acids is 1. The molecule has 8 nitrogen and oxygen atoms in total. The molecule has 0 saturated carbocycles. The SMILES string of the molecule is NC(Cc1ccc(NC(=O)c2c(Cl)cncc2Cl)c2nccn12)C(=O)O. The number of hydrogen-bond donors (Lipinski definition) is 3. The van der Waals surface area contributed by atoms with Crippen LogP contribution in [0.25, 0.3) is 5.65 Å². The van der Waals surface area contributed by atoms with Crippen molar-refractivity contribution < 1.29 is 14.7 Å². The van der Waals surface area contributed by atoms with E-state index in [4.69, 9.17) is 34.0 Å². The number of carbonyl (C=O) groups excluding carboxylic acids is 1. The van der Waals surface area contributed by atoms with E-state index in [0.717, 1.165) is 0 Å². The van der Waals surface area contributed by atoms with Gasteiger partial charge in [0.25, 0.3) is 5.91 Å². The van der Waals surface area contributed by atoms with E-state index in [1.54, 1.807) is 22.7 Å². The quantitative estimate of drug-likeness (QED) is 0.610. The second-order valence-electron chi connectivity index (χ2n) is 5.44. The predicted octanol–water partition coefficient (Wildman–Crippen LogP) is 2.24. The number of carboxylic acids is 1. The number of fused-ring (bicyclic) bond motifs is 1. The lowest BCUT2D eigenvalue weighted by molar-refractivity contribution is -0.138. The van der Waals surface area contributed by atoms with Crippen molar-refractivity contribution >= 4 is 46.4 Å². The Kier molecular flexibility index (Phi) is 5.08. The van der Waals surface area contributed by atoms with Crippen LogP contribution in [0.2, 0.25) is 10.0 Å². The highest BCUT2D eigenvalue weighted by Gasteiger charge is 2.19. The molecule has 3 rings (SSSR count). The Labute approximate surface area is 157 Å². The number of nitrogens with two attached hydrogens (primary N) is 1. The van der Waals surface area contributed by atoms with Crippen molar-refractivity contribution in [3.05, 3.63) is 58.2 Å². The molecular weight excluding hydrogens is 381 g/mol. The topological polar surface area (TPSA) is 123 Å². The lowest BCUT2D eigenvalue weighted by Crippen LogP contribution is -2.32. The number of nitrogens with one attached hydrogen (secondary N) is 1. The van der Waals surface area contributed by atoms with Crippen molar-refractivity contribution in [2.75, 3.05) is 5.32 Å². The van der Waals surface area contributed by atoms with E-state index in [2.05, 4.69) is 15.3 Å². The molecule has 0 aliphatic heterocycles. The maximum atomic E-state index is 12.5. The van der Waals surface area contributed by atoms with E-state index in [9.17, 15) is 9.59 Å². The van der Waals surface area contributed by atoms with Crippen LogP contribution in [0.5, 0.6) is 0 Å². The number of imidazole rings is 1. The molecule has 0 radical (unpaired) electrons. The number of halogens is 2. The van der Waals surface area contributed by atoms with Crippen LogP contribution in [0, 0.1) is 0 Å². The molecule has 0 spiro atoms. The summed E-state index contributed by atoms with van der Waals surface area (Å²) in [6, 6.07) is 2.24. The van der Waals surface area contributed by atoms with Gasteiger partial charge < -0.3 is 20.6 Å². The standard InChI is InChI=1S/C16H13Cl2N5O3/c17-9-6-20-7-10(18)13(9)15(24)22-12-2-1-8(5-11(19)16(25)26)23-4-3-21-14(12)23/h1-4,6-7,11H,5,19H2,(H,22,24)(H,25,26). The smallest absolute Gasteiger partial charge is 0.320 e. The Balaban J connectivity index is 1.94. The van der Waals surface area contributed by atoms with E-state index < -0.39 is 17.9 Å². The molecule has 3 heterocycles. The van der Waals surface area contributed by atoms with E-state index in [1.165, 1.54) is 18.6 Å². The normalized spacial score (nSPS) is 12.1. The van der Waals surface area contributed by atoms with Gasteiger partial charge >= 0.3 is 5.97 Å². The molecule has 0 aliphatic rings. The van der Waals surface area contributed by atoms with Crippen molar-refractivity contribution in [2.45, 2.75) is 12.5 Å². The Hall–Kier alpha value is -2.68. The van der Waals surface area contributed by atoms with Crippen LogP contribution in [0.15, 0.2) is 36.9 Å². The highest BCUT2D eigenvalue weighted by molar-refractivity contribution is 6.40. The maximum Gasteiger partial charge on any atom is 0.320 e. The zero-order valence-corrected chi connectivity index (χ0v) is 14.7. The van der Waals surface area contributed by atoms with Crippen LogP contribution < -0.4 is 11.1 Å². The predicted molar refractivity (Wildman–Crippen MR) is 96.7 cm³/mol. The van der Waals surface area contributed by atoms with E-state index in [-0.39, 0.29) is 22.0 Å². The average molecular weight is 394 g/mol. The zero-order valence-electron chi connectivity index (χ0n) is 13.2. The summed E-state index contributed by atoms with van der Waals surface area (Å²) in [5, 5.41) is 11.9. The summed E-state index contributed by atoms with van der Waals surface area (Å²) in [7, 11) is 0. The van der Waals surface area contributed by atoms with Gasteiger partial charge in [-0.3, -0.25) is 14.6 Å². The molecule has 0 aromatic carbocycles. The summed E-state index contributed by atoms with van der Waals surface area (Å²) >= 11 is 12.0. The maximum absolute atomic E-state index is 12.5. The molecule has 26 heavy (non-hydrogen) atoms. The summed E-state index contributed by atoms with van der Waals surface area (Å²) in [4.78, 5) is 31.5. The number of amides is 1. The number of nitrogens with zero attached hydrogens (tertiary/aromatic N) is 3. The summed E-state index contributed by atoms with van der Waals surface area (Å²) in [5.74, 6) is -1.61. The summed E-state index contributed by atoms with van der Waals surface area (Å²) in [6.45, 7) is 0. The number of rotatable bonds is 5. The minimum absolute atomic E-state index is 0.102. The zero-order chi connectivity index (χ0) is 18.8. The number of pyridine rings is 2. The average Bonchev–Trinajstić information content (AvgIpc) is 3.07. The molecule has 3 aromatic rings. The van der Waals surface area contributed by atoms with Crippen molar-refractivity contribution in [1.29, 1.82) is 0 Å². The summed E-state index contributed by atoms with van der Waals surface area (Å²) in [5.41, 5.74) is 7.20. The molecule has 0 fully saturated rings. The lowest BCUT2D eigenvalue weighted by atomic mass is 10.1. The summed E-state index contributed by atoms with van der Waals surface area (Å²) < 4.78 is 1.66. The Morgan fingerprint density at radius 3 is 2.62 bits per heavy atom. The number of hydrogen-bond acceptors (Lipinski definition) is 5. The second kappa shape index (κ2) is 7.28. The van der Waals surface area contributed by atoms with E-state index in [1.807, 2.05) is 0 Å². The van der Waals surface area contributed by atoms with Crippen LogP contribution in [-0.2, 0) is 11.2 Å². The van der Waals surface area contributed by atoms with Crippen molar-refractivity contribution in [3.8, 4) is 0 Å². The fourth-order valence-electron chi connectivity index (χ4n) is 2.46. The van der Waals surface area contributed by atoms with Gasteiger partial charge in [-0.25, -0.2) is 4.98 Å². The van der Waals surface area contributed by atoms with Gasteiger partial charge in [-0.1, -0.05) is 23.2 Å². The molecule has 1 unspecified atom stereocenters. The molecule has 134 valence electrons. The highest BCUT2D eigenvalue weighted by Crippen LogP contribution is 2.25. The first-order valence-corrected chi connectivity index (χ1v) is 8.17. The Morgan fingerprint density at radius 1 is 1.27 bits per heavy atom. The molecule has 1 amide bonds. The minimum atomic E-state index is -1.10. The fourth-order valence-corrected chi connectivity index (χ4v) is 2.99. The van der Waals surface area contributed by atoms with Crippen molar-refractivity contribution in [1.82, 2.24) is 14.4 Å². The van der Waals surface area contributed by atoms with Gasteiger partial charge in [-0.05, 0) is 12.1 Å². The van der Waals surface area contributed by atoms with E-state index in [0.29, 0.717) is 17.0 Å². The number of aromatic nitrogens is 3. The highest BCUT2D eigenvalue weighted by atomic mass is 35.5. The van der Waals surface area contributed by atoms with E-state index >= 15 is 0 Å². The van der Waals surface area contributed by atoms with Gasteiger partial charge in [0.15, 0.2) is 5.65 Å². The largest absolute Gasteiger partial charge is 0.480 e. The first-order valence-electron chi connectivity index (χ1n) is 7.42. The Morgan fingerprint density at radius 2 is 1.96 bits per heavy atom. The molecule has 0 saturated heterocycles. The van der Waals surface area contributed by atoms with Crippen LogP contribution in [-0.4, -0.2) is 37.4 Å². The molecule has 3 aromatic heterocycles. The molecule has 0 aliphatic carbocycles. The van der Waals surface area contributed by atoms with Gasteiger partial charge in [0.1, 0.15) is 6.04 Å². The third-order valence-corrected chi connectivity index (χ3v) is 4.28. The molecule has 10 heteroatoms. The summed E-state index contributed by atoms with van der Waals surface area (Å²) in [6.07, 6.45) is 5.95. The van der Waals surface area contributed by atoms with Gasteiger partial charge in [0.2, 0.25) is 0 Å². The number of anilines is 1.